The lowest BCUT2D eigenvalue weighted by molar-refractivity contribution is -0.122. The Morgan fingerprint density at radius 3 is 2.71 bits per heavy atom. The Hall–Kier alpha value is -1.41. The van der Waals surface area contributed by atoms with Gasteiger partial charge in [0.25, 0.3) is 0 Å². The molecule has 2 rings (SSSR count). The summed E-state index contributed by atoms with van der Waals surface area (Å²) in [5, 5.41) is 4.70. The van der Waals surface area contributed by atoms with Crippen LogP contribution in [0.25, 0.3) is 0 Å². The number of hydrogen-bond acceptors (Lipinski definition) is 5. The van der Waals surface area contributed by atoms with Crippen LogP contribution in [0.4, 0.5) is 0 Å². The summed E-state index contributed by atoms with van der Waals surface area (Å²) in [6.07, 6.45) is 1.71. The number of rotatable bonds is 6. The topological polar surface area (TPSA) is 92.3 Å². The van der Waals surface area contributed by atoms with E-state index < -0.39 is 15.9 Å². The van der Waals surface area contributed by atoms with Crippen LogP contribution >= 0.6 is 11.3 Å². The molecule has 2 N–H and O–H groups in total. The molecule has 0 unspecified atom stereocenters. The summed E-state index contributed by atoms with van der Waals surface area (Å²) in [4.78, 5) is 24.5. The van der Waals surface area contributed by atoms with Crippen molar-refractivity contribution in [3.63, 3.8) is 0 Å². The van der Waals surface area contributed by atoms with E-state index in [-0.39, 0.29) is 30.7 Å². The highest BCUT2D eigenvalue weighted by Crippen LogP contribution is 2.50. The molecule has 2 atom stereocenters. The third-order valence-corrected chi connectivity index (χ3v) is 5.07. The zero-order valence-corrected chi connectivity index (χ0v) is 13.5. The molecule has 1 aromatic rings. The molecule has 1 fully saturated rings. The third kappa shape index (κ3) is 4.53. The molecule has 0 radical (unpaired) electrons. The van der Waals surface area contributed by atoms with E-state index in [1.165, 1.54) is 10.4 Å². The monoisotopic (exact) mass is 330 g/mol. The summed E-state index contributed by atoms with van der Waals surface area (Å²) in [5.74, 6) is -0.422. The second-order valence-corrected chi connectivity index (χ2v) is 7.95. The molecule has 0 spiro atoms. The number of amides is 2. The van der Waals surface area contributed by atoms with Gasteiger partial charge < -0.3 is 5.32 Å². The minimum atomic E-state index is -3.53. The highest BCUT2D eigenvalue weighted by molar-refractivity contribution is 7.89. The zero-order chi connectivity index (χ0) is 15.6. The molecular formula is C13H18N2O4S2. The Balaban J connectivity index is 1.72. The first-order valence-electron chi connectivity index (χ1n) is 6.60. The van der Waals surface area contributed by atoms with E-state index >= 15 is 0 Å². The summed E-state index contributed by atoms with van der Waals surface area (Å²) in [6.45, 7) is 2.18. The number of nitrogens with one attached hydrogen (secondary N) is 2. The first-order valence-corrected chi connectivity index (χ1v) is 9.37. The molecule has 0 aromatic carbocycles. The second-order valence-electron chi connectivity index (χ2n) is 5.25. The van der Waals surface area contributed by atoms with E-state index in [9.17, 15) is 18.0 Å². The zero-order valence-electron chi connectivity index (χ0n) is 11.9. The number of carbonyl (C=O) groups is 2. The van der Waals surface area contributed by atoms with Gasteiger partial charge in [-0.25, -0.2) is 8.42 Å². The van der Waals surface area contributed by atoms with E-state index in [1.807, 2.05) is 23.1 Å². The highest BCUT2D eigenvalue weighted by atomic mass is 32.2. The maximum Gasteiger partial charge on any atom is 0.235 e. The molecule has 0 aliphatic heterocycles. The fraction of sp³-hybridized carbons (Fsp3) is 0.538. The van der Waals surface area contributed by atoms with Gasteiger partial charge in [-0.2, -0.15) is 0 Å². The predicted octanol–water partition coefficient (Wildman–Crippen LogP) is 0.742. The summed E-state index contributed by atoms with van der Waals surface area (Å²) in [6, 6.07) is 2.04. The van der Waals surface area contributed by atoms with Crippen LogP contribution in [0.5, 0.6) is 0 Å². The SMILES string of the molecule is Cc1ccsc1[C@H]1C[C@H]1C(=O)NCCC(=O)NS(C)(=O)=O. The van der Waals surface area contributed by atoms with E-state index in [4.69, 9.17) is 0 Å². The van der Waals surface area contributed by atoms with Crippen molar-refractivity contribution in [2.75, 3.05) is 12.8 Å². The van der Waals surface area contributed by atoms with Gasteiger partial charge in [-0.3, -0.25) is 14.3 Å². The van der Waals surface area contributed by atoms with Gasteiger partial charge in [0.05, 0.1) is 6.26 Å². The Morgan fingerprint density at radius 2 is 2.14 bits per heavy atom. The molecule has 0 saturated heterocycles. The number of hydrogen-bond donors (Lipinski definition) is 2. The largest absolute Gasteiger partial charge is 0.355 e. The minimum absolute atomic E-state index is 0.0275. The Kier molecular flexibility index (Phi) is 4.67. The molecule has 1 aliphatic carbocycles. The molecule has 1 heterocycles. The Bertz CT molecular complexity index is 651. The second kappa shape index (κ2) is 6.15. The molecule has 0 bridgehead atoms. The van der Waals surface area contributed by atoms with Crippen molar-refractivity contribution in [2.24, 2.45) is 5.92 Å². The van der Waals surface area contributed by atoms with Crippen molar-refractivity contribution in [1.82, 2.24) is 10.0 Å². The van der Waals surface area contributed by atoms with E-state index in [2.05, 4.69) is 5.32 Å². The third-order valence-electron chi connectivity index (χ3n) is 3.32. The Morgan fingerprint density at radius 1 is 1.43 bits per heavy atom. The molecule has 1 aliphatic rings. The maximum absolute atomic E-state index is 11.9. The quantitative estimate of drug-likeness (QED) is 0.805. The van der Waals surface area contributed by atoms with Crippen LogP contribution in [0.1, 0.15) is 29.2 Å². The van der Waals surface area contributed by atoms with Gasteiger partial charge in [0.15, 0.2) is 0 Å². The predicted molar refractivity (Wildman–Crippen MR) is 80.5 cm³/mol. The molecule has 1 saturated carbocycles. The van der Waals surface area contributed by atoms with Gasteiger partial charge in [-0.1, -0.05) is 0 Å². The van der Waals surface area contributed by atoms with Gasteiger partial charge in [-0.15, -0.1) is 11.3 Å². The van der Waals surface area contributed by atoms with Crippen molar-refractivity contribution in [3.8, 4) is 0 Å². The van der Waals surface area contributed by atoms with Crippen LogP contribution in [0.15, 0.2) is 11.4 Å². The molecular weight excluding hydrogens is 312 g/mol. The van der Waals surface area contributed by atoms with Gasteiger partial charge in [0.1, 0.15) is 0 Å². The Labute approximate surface area is 128 Å². The number of aryl methyl sites for hydroxylation is 1. The first kappa shape index (κ1) is 16.0. The number of sulfonamides is 1. The standard InChI is InChI=1S/C13H18N2O4S2/c1-8-4-6-20-12(8)9-7-10(9)13(17)14-5-3-11(16)15-21(2,18)19/h4,6,9-10H,3,5,7H2,1-2H3,(H,14,17)(H,15,16)/t9-,10+/m0/s1. The lowest BCUT2D eigenvalue weighted by atomic mass is 10.2. The average Bonchev–Trinajstić information content (AvgIpc) is 3.02. The van der Waals surface area contributed by atoms with Crippen LogP contribution in [0.2, 0.25) is 0 Å². The summed E-state index contributed by atoms with van der Waals surface area (Å²) < 4.78 is 23.6. The van der Waals surface area contributed by atoms with Crippen molar-refractivity contribution >= 4 is 33.2 Å². The van der Waals surface area contributed by atoms with Crippen LogP contribution < -0.4 is 10.0 Å². The molecule has 116 valence electrons. The molecule has 21 heavy (non-hydrogen) atoms. The van der Waals surface area contributed by atoms with Gasteiger partial charge >= 0.3 is 0 Å². The lowest BCUT2D eigenvalue weighted by Gasteiger charge is -2.05. The van der Waals surface area contributed by atoms with Crippen LogP contribution in [0.3, 0.4) is 0 Å². The first-order chi connectivity index (χ1) is 9.78. The fourth-order valence-corrected chi connectivity index (χ4v) is 3.85. The average molecular weight is 330 g/mol. The van der Waals surface area contributed by atoms with Crippen LogP contribution in [-0.4, -0.2) is 33.0 Å². The van der Waals surface area contributed by atoms with Gasteiger partial charge in [-0.05, 0) is 30.4 Å². The fourth-order valence-electron chi connectivity index (χ4n) is 2.23. The maximum atomic E-state index is 11.9. The highest BCUT2D eigenvalue weighted by Gasteiger charge is 2.45. The minimum Gasteiger partial charge on any atom is -0.355 e. The molecule has 6 nitrogen and oxygen atoms in total. The summed E-state index contributed by atoms with van der Waals surface area (Å²) >= 11 is 1.67. The van der Waals surface area contributed by atoms with E-state index in [0.29, 0.717) is 0 Å². The van der Waals surface area contributed by atoms with Crippen LogP contribution in [-0.2, 0) is 19.6 Å². The van der Waals surface area contributed by atoms with Gasteiger partial charge in [0.2, 0.25) is 21.8 Å². The van der Waals surface area contributed by atoms with E-state index in [1.54, 1.807) is 11.3 Å². The normalized spacial score (nSPS) is 20.9. The van der Waals surface area contributed by atoms with Gasteiger partial charge in [0, 0.05) is 29.7 Å². The smallest absolute Gasteiger partial charge is 0.235 e. The summed E-state index contributed by atoms with van der Waals surface area (Å²) in [7, 11) is -3.53. The van der Waals surface area contributed by atoms with Crippen molar-refractivity contribution in [1.29, 1.82) is 0 Å². The summed E-state index contributed by atoms with van der Waals surface area (Å²) in [5.41, 5.74) is 1.22. The van der Waals surface area contributed by atoms with E-state index in [0.717, 1.165) is 12.7 Å². The number of carbonyl (C=O) groups excluding carboxylic acids is 2. The number of thiophene rings is 1. The lowest BCUT2D eigenvalue weighted by Crippen LogP contribution is -2.34. The molecule has 8 heteroatoms. The van der Waals surface area contributed by atoms with Crippen molar-refractivity contribution < 1.29 is 18.0 Å². The van der Waals surface area contributed by atoms with Crippen molar-refractivity contribution in [2.45, 2.75) is 25.7 Å². The van der Waals surface area contributed by atoms with Crippen LogP contribution in [0, 0.1) is 12.8 Å². The molecule has 2 amide bonds. The molecule has 1 aromatic heterocycles. The van der Waals surface area contributed by atoms with Crippen molar-refractivity contribution in [3.05, 3.63) is 21.9 Å².